The van der Waals surface area contributed by atoms with Gasteiger partial charge in [0.25, 0.3) is 5.91 Å². The van der Waals surface area contributed by atoms with Crippen LogP contribution in [0.25, 0.3) is 23.1 Å². The van der Waals surface area contributed by atoms with Crippen LogP contribution in [0.2, 0.25) is 0 Å². The first-order chi connectivity index (χ1) is 11.8. The Morgan fingerprint density at radius 2 is 1.96 bits per heavy atom. The van der Waals surface area contributed by atoms with Crippen LogP contribution in [-0.4, -0.2) is 36.4 Å². The van der Waals surface area contributed by atoms with E-state index >= 15 is 0 Å². The molecule has 0 aliphatic carbocycles. The van der Waals surface area contributed by atoms with Crippen LogP contribution < -0.4 is 5.32 Å². The maximum Gasteiger partial charge on any atom is 0.251 e. The predicted octanol–water partition coefficient (Wildman–Crippen LogP) is 3.11. The number of benzene rings is 2. The van der Waals surface area contributed by atoms with E-state index in [2.05, 4.69) is 15.5 Å². The van der Waals surface area contributed by atoms with Gasteiger partial charge in [0.15, 0.2) is 0 Å². The van der Waals surface area contributed by atoms with Crippen molar-refractivity contribution in [3.8, 4) is 0 Å². The van der Waals surface area contributed by atoms with Gasteiger partial charge >= 0.3 is 0 Å². The standard InChI is InChI=1S/C19H19N3O2/c1-24-13-12-20-19(23)15-9-6-14(7-10-15)8-11-18-16-4-2-3-5-17(16)21-22-18/h2-11H,12-13H2,1H3,(H,20,23)(H,21,22)/b11-8+. The summed E-state index contributed by atoms with van der Waals surface area (Å²) in [5, 5.41) is 11.2. The number of carbonyl (C=O) groups is 1. The molecule has 0 atom stereocenters. The molecule has 0 bridgehead atoms. The summed E-state index contributed by atoms with van der Waals surface area (Å²) in [7, 11) is 1.61. The molecule has 3 aromatic rings. The van der Waals surface area contributed by atoms with Crippen LogP contribution in [0, 0.1) is 0 Å². The molecular formula is C19H19N3O2. The zero-order chi connectivity index (χ0) is 16.8. The highest BCUT2D eigenvalue weighted by atomic mass is 16.5. The number of H-pyrrole nitrogens is 1. The van der Waals surface area contributed by atoms with Gasteiger partial charge in [0.1, 0.15) is 0 Å². The van der Waals surface area contributed by atoms with Crippen molar-refractivity contribution in [1.82, 2.24) is 15.5 Å². The minimum Gasteiger partial charge on any atom is -0.383 e. The third kappa shape index (κ3) is 3.70. The monoisotopic (exact) mass is 321 g/mol. The highest BCUT2D eigenvalue weighted by Gasteiger charge is 2.04. The molecule has 0 spiro atoms. The topological polar surface area (TPSA) is 67.0 Å². The number of ether oxygens (including phenoxy) is 1. The Hall–Kier alpha value is -2.92. The summed E-state index contributed by atoms with van der Waals surface area (Å²) in [6.07, 6.45) is 3.95. The first kappa shape index (κ1) is 16.0. The Morgan fingerprint density at radius 1 is 1.17 bits per heavy atom. The van der Waals surface area contributed by atoms with Crippen LogP contribution in [0.4, 0.5) is 0 Å². The van der Waals surface area contributed by atoms with Gasteiger partial charge in [0.05, 0.1) is 17.8 Å². The molecule has 1 aromatic heterocycles. The molecule has 5 nitrogen and oxygen atoms in total. The maximum atomic E-state index is 11.9. The molecular weight excluding hydrogens is 302 g/mol. The zero-order valence-electron chi connectivity index (χ0n) is 13.5. The van der Waals surface area contributed by atoms with Gasteiger partial charge in [0, 0.05) is 24.6 Å². The molecule has 1 heterocycles. The summed E-state index contributed by atoms with van der Waals surface area (Å²) in [5.41, 5.74) is 3.55. The number of hydrogen-bond donors (Lipinski definition) is 2. The molecule has 0 saturated carbocycles. The van der Waals surface area contributed by atoms with E-state index in [9.17, 15) is 4.79 Å². The van der Waals surface area contributed by atoms with Gasteiger partial charge in [-0.2, -0.15) is 5.10 Å². The van der Waals surface area contributed by atoms with E-state index in [0.29, 0.717) is 18.7 Å². The molecule has 5 heteroatoms. The number of nitrogens with zero attached hydrogens (tertiary/aromatic N) is 1. The van der Waals surface area contributed by atoms with Gasteiger partial charge < -0.3 is 10.1 Å². The number of para-hydroxylation sites is 1. The van der Waals surface area contributed by atoms with Crippen LogP contribution in [0.15, 0.2) is 48.5 Å². The van der Waals surface area contributed by atoms with Crippen LogP contribution in [0.1, 0.15) is 21.6 Å². The molecule has 24 heavy (non-hydrogen) atoms. The van der Waals surface area contributed by atoms with E-state index in [4.69, 9.17) is 4.74 Å². The van der Waals surface area contributed by atoms with Crippen molar-refractivity contribution in [3.05, 3.63) is 65.4 Å². The molecule has 0 radical (unpaired) electrons. The fourth-order valence-electron chi connectivity index (χ4n) is 2.40. The number of methoxy groups -OCH3 is 1. The fraction of sp³-hybridized carbons (Fsp3) is 0.158. The molecule has 0 saturated heterocycles. The second-order valence-corrected chi connectivity index (χ2v) is 5.36. The number of carbonyl (C=O) groups excluding carboxylic acids is 1. The molecule has 122 valence electrons. The highest BCUT2D eigenvalue weighted by Crippen LogP contribution is 2.17. The smallest absolute Gasteiger partial charge is 0.251 e. The van der Waals surface area contributed by atoms with Crippen LogP contribution in [0.3, 0.4) is 0 Å². The normalized spacial score (nSPS) is 11.2. The van der Waals surface area contributed by atoms with Gasteiger partial charge in [-0.3, -0.25) is 9.89 Å². The first-order valence-corrected chi connectivity index (χ1v) is 7.76. The van der Waals surface area contributed by atoms with E-state index in [1.165, 1.54) is 0 Å². The van der Waals surface area contributed by atoms with Gasteiger partial charge in [0.2, 0.25) is 0 Å². The predicted molar refractivity (Wildman–Crippen MR) is 95.7 cm³/mol. The number of aromatic amines is 1. The number of amides is 1. The summed E-state index contributed by atoms with van der Waals surface area (Å²) in [6.45, 7) is 1.01. The molecule has 0 aliphatic heterocycles. The molecule has 3 rings (SSSR count). The lowest BCUT2D eigenvalue weighted by atomic mass is 10.1. The second kappa shape index (κ2) is 7.57. The summed E-state index contributed by atoms with van der Waals surface area (Å²) in [4.78, 5) is 11.9. The number of fused-ring (bicyclic) bond motifs is 1. The van der Waals surface area contributed by atoms with Gasteiger partial charge in [-0.25, -0.2) is 0 Å². The SMILES string of the molecule is COCCNC(=O)c1ccc(/C=C/c2n[nH]c3ccccc23)cc1. The lowest BCUT2D eigenvalue weighted by Gasteiger charge is -2.04. The Morgan fingerprint density at radius 3 is 2.75 bits per heavy atom. The Kier molecular flexibility index (Phi) is 5.03. The van der Waals surface area contributed by atoms with E-state index < -0.39 is 0 Å². The molecule has 0 fully saturated rings. The average Bonchev–Trinajstić information content (AvgIpc) is 3.04. The third-order valence-corrected chi connectivity index (χ3v) is 3.70. The zero-order valence-corrected chi connectivity index (χ0v) is 13.5. The molecule has 2 N–H and O–H groups in total. The number of nitrogens with one attached hydrogen (secondary N) is 2. The van der Waals surface area contributed by atoms with Crippen molar-refractivity contribution in [2.45, 2.75) is 0 Å². The minimum absolute atomic E-state index is 0.0964. The van der Waals surface area contributed by atoms with E-state index in [0.717, 1.165) is 22.2 Å². The maximum absolute atomic E-state index is 11.9. The van der Waals surface area contributed by atoms with Crippen LogP contribution in [-0.2, 0) is 4.74 Å². The molecule has 1 amide bonds. The van der Waals surface area contributed by atoms with Crippen molar-refractivity contribution in [2.75, 3.05) is 20.3 Å². The van der Waals surface area contributed by atoms with Crippen molar-refractivity contribution < 1.29 is 9.53 Å². The molecule has 0 unspecified atom stereocenters. The average molecular weight is 321 g/mol. The van der Waals surface area contributed by atoms with Crippen molar-refractivity contribution >= 4 is 29.0 Å². The largest absolute Gasteiger partial charge is 0.383 e. The summed E-state index contributed by atoms with van der Waals surface area (Å²) in [6, 6.07) is 15.4. The lowest BCUT2D eigenvalue weighted by molar-refractivity contribution is 0.0937. The minimum atomic E-state index is -0.0964. The van der Waals surface area contributed by atoms with Gasteiger partial charge in [-0.1, -0.05) is 36.4 Å². The van der Waals surface area contributed by atoms with Gasteiger partial charge in [-0.05, 0) is 29.8 Å². The van der Waals surface area contributed by atoms with Crippen molar-refractivity contribution in [2.24, 2.45) is 0 Å². The lowest BCUT2D eigenvalue weighted by Crippen LogP contribution is -2.26. The van der Waals surface area contributed by atoms with Crippen molar-refractivity contribution in [3.63, 3.8) is 0 Å². The Balaban J connectivity index is 1.68. The van der Waals surface area contributed by atoms with E-state index in [-0.39, 0.29) is 5.91 Å². The number of rotatable bonds is 6. The second-order valence-electron chi connectivity index (χ2n) is 5.36. The van der Waals surface area contributed by atoms with Crippen molar-refractivity contribution in [1.29, 1.82) is 0 Å². The number of hydrogen-bond acceptors (Lipinski definition) is 3. The molecule has 2 aromatic carbocycles. The Labute approximate surface area is 140 Å². The summed E-state index contributed by atoms with van der Waals surface area (Å²) in [5.74, 6) is -0.0964. The Bertz CT molecular complexity index is 850. The summed E-state index contributed by atoms with van der Waals surface area (Å²) >= 11 is 0. The summed E-state index contributed by atoms with van der Waals surface area (Å²) < 4.78 is 4.91. The van der Waals surface area contributed by atoms with Crippen LogP contribution in [0.5, 0.6) is 0 Å². The third-order valence-electron chi connectivity index (χ3n) is 3.70. The van der Waals surface area contributed by atoms with E-state index in [1.54, 1.807) is 7.11 Å². The fourth-order valence-corrected chi connectivity index (χ4v) is 2.40. The van der Waals surface area contributed by atoms with Crippen LogP contribution >= 0.6 is 0 Å². The van der Waals surface area contributed by atoms with Gasteiger partial charge in [-0.15, -0.1) is 0 Å². The first-order valence-electron chi connectivity index (χ1n) is 7.76. The molecule has 0 aliphatic rings. The quantitative estimate of drug-likeness (QED) is 0.686. The van der Waals surface area contributed by atoms with E-state index in [1.807, 2.05) is 60.7 Å². The highest BCUT2D eigenvalue weighted by molar-refractivity contribution is 5.94. The number of aromatic nitrogens is 2.